The minimum atomic E-state index is -0.256. The maximum absolute atomic E-state index is 6.22. The standard InChI is InChI=1S/C19H31ClN4O2.HI/c1-19(2,25-4)14-23-18(21-3)22-13-17(24-8-10-26-11-9-24)15-6-5-7-16(20)12-15;/h5-7,12,17H,8-11,13-14H2,1-4H3,(H2,21,22,23);1H. The van der Waals surface area contributed by atoms with Crippen LogP contribution in [0.1, 0.15) is 25.5 Å². The summed E-state index contributed by atoms with van der Waals surface area (Å²) >= 11 is 6.22. The molecule has 1 aliphatic heterocycles. The highest BCUT2D eigenvalue weighted by Crippen LogP contribution is 2.23. The fraction of sp³-hybridized carbons (Fsp3) is 0.632. The van der Waals surface area contributed by atoms with Crippen molar-refractivity contribution < 1.29 is 9.47 Å². The van der Waals surface area contributed by atoms with Gasteiger partial charge in [0.15, 0.2) is 5.96 Å². The molecule has 1 unspecified atom stereocenters. The highest BCUT2D eigenvalue weighted by Gasteiger charge is 2.23. The summed E-state index contributed by atoms with van der Waals surface area (Å²) < 4.78 is 11.0. The molecule has 1 heterocycles. The van der Waals surface area contributed by atoms with Crippen molar-refractivity contribution in [3.05, 3.63) is 34.9 Å². The number of morpholine rings is 1. The summed E-state index contributed by atoms with van der Waals surface area (Å²) in [5, 5.41) is 7.52. The van der Waals surface area contributed by atoms with Crippen molar-refractivity contribution in [2.24, 2.45) is 4.99 Å². The molecular weight excluding hydrogens is 479 g/mol. The van der Waals surface area contributed by atoms with Crippen molar-refractivity contribution in [3.8, 4) is 0 Å². The lowest BCUT2D eigenvalue weighted by Gasteiger charge is -2.35. The van der Waals surface area contributed by atoms with Crippen molar-refractivity contribution in [1.82, 2.24) is 15.5 Å². The maximum Gasteiger partial charge on any atom is 0.191 e. The Hall–Kier alpha value is -0.610. The fourth-order valence-corrected chi connectivity index (χ4v) is 3.04. The van der Waals surface area contributed by atoms with Gasteiger partial charge >= 0.3 is 0 Å². The molecule has 2 rings (SSSR count). The molecule has 0 amide bonds. The predicted molar refractivity (Wildman–Crippen MR) is 122 cm³/mol. The van der Waals surface area contributed by atoms with E-state index in [0.29, 0.717) is 6.54 Å². The highest BCUT2D eigenvalue weighted by molar-refractivity contribution is 14.0. The van der Waals surface area contributed by atoms with E-state index in [2.05, 4.69) is 26.6 Å². The molecule has 8 heteroatoms. The van der Waals surface area contributed by atoms with E-state index in [1.165, 1.54) is 5.56 Å². The third-order valence-corrected chi connectivity index (χ3v) is 4.88. The van der Waals surface area contributed by atoms with Gasteiger partial charge in [0, 0.05) is 45.4 Å². The van der Waals surface area contributed by atoms with Gasteiger partial charge in [-0.15, -0.1) is 24.0 Å². The number of hydrogen-bond donors (Lipinski definition) is 2. The van der Waals surface area contributed by atoms with Gasteiger partial charge < -0.3 is 20.1 Å². The van der Waals surface area contributed by atoms with Gasteiger partial charge in [-0.2, -0.15) is 0 Å². The van der Waals surface area contributed by atoms with E-state index in [9.17, 15) is 0 Å². The molecule has 0 aromatic heterocycles. The molecular formula is C19H32ClIN4O2. The van der Waals surface area contributed by atoms with E-state index < -0.39 is 0 Å². The lowest BCUT2D eigenvalue weighted by Crippen LogP contribution is -2.48. The Morgan fingerprint density at radius 1 is 1.33 bits per heavy atom. The molecule has 27 heavy (non-hydrogen) atoms. The normalized spacial score (nSPS) is 17.1. The molecule has 1 saturated heterocycles. The lowest BCUT2D eigenvalue weighted by atomic mass is 10.0. The Morgan fingerprint density at radius 2 is 2.04 bits per heavy atom. The molecule has 2 N–H and O–H groups in total. The van der Waals surface area contributed by atoms with Crippen molar-refractivity contribution >= 4 is 41.5 Å². The quantitative estimate of drug-likeness (QED) is 0.336. The zero-order chi connectivity index (χ0) is 19.0. The Balaban J connectivity index is 0.00000364. The molecule has 0 saturated carbocycles. The average molecular weight is 511 g/mol. The van der Waals surface area contributed by atoms with Crippen molar-refractivity contribution in [2.45, 2.75) is 25.5 Å². The first-order valence-electron chi connectivity index (χ1n) is 9.02. The van der Waals surface area contributed by atoms with Crippen molar-refractivity contribution in [3.63, 3.8) is 0 Å². The van der Waals surface area contributed by atoms with Gasteiger partial charge in [0.25, 0.3) is 0 Å². The molecule has 0 bridgehead atoms. The molecule has 1 aromatic carbocycles. The largest absolute Gasteiger partial charge is 0.379 e. The number of nitrogens with one attached hydrogen (secondary N) is 2. The number of ether oxygens (including phenoxy) is 2. The topological polar surface area (TPSA) is 58.1 Å². The lowest BCUT2D eigenvalue weighted by molar-refractivity contribution is 0.0167. The summed E-state index contributed by atoms with van der Waals surface area (Å²) in [6.45, 7) is 8.79. The van der Waals surface area contributed by atoms with Crippen LogP contribution in [0.25, 0.3) is 0 Å². The van der Waals surface area contributed by atoms with E-state index in [-0.39, 0.29) is 35.6 Å². The van der Waals surface area contributed by atoms with Crippen LogP contribution in [0.2, 0.25) is 5.02 Å². The van der Waals surface area contributed by atoms with Gasteiger partial charge in [0.2, 0.25) is 0 Å². The monoisotopic (exact) mass is 510 g/mol. The van der Waals surface area contributed by atoms with E-state index in [1.54, 1.807) is 14.2 Å². The van der Waals surface area contributed by atoms with Crippen LogP contribution in [0.3, 0.4) is 0 Å². The highest BCUT2D eigenvalue weighted by atomic mass is 127. The second-order valence-electron chi connectivity index (χ2n) is 6.99. The number of guanidine groups is 1. The number of benzene rings is 1. The molecule has 0 radical (unpaired) electrons. The summed E-state index contributed by atoms with van der Waals surface area (Å²) in [6.07, 6.45) is 0. The minimum Gasteiger partial charge on any atom is -0.379 e. The van der Waals surface area contributed by atoms with E-state index in [4.69, 9.17) is 21.1 Å². The Bertz CT molecular complexity index is 595. The van der Waals surface area contributed by atoms with E-state index >= 15 is 0 Å². The van der Waals surface area contributed by atoms with Crippen LogP contribution in [0.4, 0.5) is 0 Å². The first-order chi connectivity index (χ1) is 12.4. The Labute approximate surface area is 185 Å². The summed E-state index contributed by atoms with van der Waals surface area (Å²) in [4.78, 5) is 6.75. The molecule has 1 atom stereocenters. The fourth-order valence-electron chi connectivity index (χ4n) is 2.84. The second-order valence-corrected chi connectivity index (χ2v) is 7.43. The predicted octanol–water partition coefficient (Wildman–Crippen LogP) is 2.92. The first-order valence-corrected chi connectivity index (χ1v) is 9.40. The zero-order valence-corrected chi connectivity index (χ0v) is 19.7. The van der Waals surface area contributed by atoms with Crippen LogP contribution >= 0.6 is 35.6 Å². The maximum atomic E-state index is 6.22. The van der Waals surface area contributed by atoms with Gasteiger partial charge in [0.1, 0.15) is 0 Å². The van der Waals surface area contributed by atoms with E-state index in [1.807, 2.05) is 32.0 Å². The minimum absolute atomic E-state index is 0. The first kappa shape index (κ1) is 24.4. The molecule has 154 valence electrons. The molecule has 1 fully saturated rings. The van der Waals surface area contributed by atoms with Gasteiger partial charge in [0.05, 0.1) is 24.9 Å². The number of rotatable bonds is 7. The third-order valence-electron chi connectivity index (χ3n) is 4.64. The van der Waals surface area contributed by atoms with Gasteiger partial charge in [-0.1, -0.05) is 23.7 Å². The Morgan fingerprint density at radius 3 is 2.63 bits per heavy atom. The molecule has 0 spiro atoms. The van der Waals surface area contributed by atoms with Crippen molar-refractivity contribution in [1.29, 1.82) is 0 Å². The SMILES string of the molecule is CN=C(NCC(c1cccc(Cl)c1)N1CCOCC1)NCC(C)(C)OC.I. The number of nitrogens with zero attached hydrogens (tertiary/aromatic N) is 2. The summed E-state index contributed by atoms with van der Waals surface area (Å²) in [5.41, 5.74) is 0.938. The molecule has 1 aliphatic rings. The Kier molecular flexibility index (Phi) is 10.9. The number of aliphatic imine (C=N–C) groups is 1. The summed E-state index contributed by atoms with van der Waals surface area (Å²) in [7, 11) is 3.49. The van der Waals surface area contributed by atoms with Gasteiger partial charge in [-0.25, -0.2) is 0 Å². The van der Waals surface area contributed by atoms with Crippen LogP contribution in [0.5, 0.6) is 0 Å². The smallest absolute Gasteiger partial charge is 0.191 e. The number of hydrogen-bond acceptors (Lipinski definition) is 4. The third kappa shape index (κ3) is 8.11. The number of halogens is 2. The zero-order valence-electron chi connectivity index (χ0n) is 16.6. The number of methoxy groups -OCH3 is 1. The van der Waals surface area contributed by atoms with E-state index in [0.717, 1.165) is 43.8 Å². The summed E-state index contributed by atoms with van der Waals surface area (Å²) in [5.74, 6) is 0.760. The summed E-state index contributed by atoms with van der Waals surface area (Å²) in [6, 6.07) is 8.26. The molecule has 0 aliphatic carbocycles. The van der Waals surface area contributed by atoms with Crippen molar-refractivity contribution in [2.75, 3.05) is 53.6 Å². The molecule has 1 aromatic rings. The second kappa shape index (κ2) is 12.1. The van der Waals surface area contributed by atoms with Crippen LogP contribution in [0, 0.1) is 0 Å². The van der Waals surface area contributed by atoms with Crippen LogP contribution < -0.4 is 10.6 Å². The van der Waals surface area contributed by atoms with Crippen LogP contribution in [-0.4, -0.2) is 70.0 Å². The average Bonchev–Trinajstić information content (AvgIpc) is 2.65. The van der Waals surface area contributed by atoms with Crippen LogP contribution in [-0.2, 0) is 9.47 Å². The van der Waals surface area contributed by atoms with Gasteiger partial charge in [-0.3, -0.25) is 9.89 Å². The molecule has 6 nitrogen and oxygen atoms in total. The van der Waals surface area contributed by atoms with Gasteiger partial charge in [-0.05, 0) is 31.5 Å². The van der Waals surface area contributed by atoms with Crippen LogP contribution in [0.15, 0.2) is 29.3 Å².